The van der Waals surface area contributed by atoms with Crippen LogP contribution in [-0.2, 0) is 4.74 Å². The first-order valence-corrected chi connectivity index (χ1v) is 5.71. The molecule has 0 aromatic rings. The van der Waals surface area contributed by atoms with Crippen LogP contribution in [0.1, 0.15) is 27.2 Å². The minimum atomic E-state index is 0.352. The molecule has 0 saturated carbocycles. The number of hydrogen-bond acceptors (Lipinski definition) is 3. The maximum Gasteiger partial charge on any atom is 0.0674 e. The number of ether oxygens (including phenoxy) is 1. The average Bonchev–Trinajstić information content (AvgIpc) is 2.31. The molecular weight excluding hydrogens is 176 g/mol. The van der Waals surface area contributed by atoms with E-state index < -0.39 is 0 Å². The molecule has 1 saturated heterocycles. The molecule has 84 valence electrons. The van der Waals surface area contributed by atoms with Crippen LogP contribution in [0.5, 0.6) is 0 Å². The fourth-order valence-corrected chi connectivity index (χ4v) is 2.17. The molecule has 1 heterocycles. The lowest BCUT2D eigenvalue weighted by atomic mass is 10.0. The molecule has 0 radical (unpaired) electrons. The van der Waals surface area contributed by atoms with Gasteiger partial charge in [0, 0.05) is 32.3 Å². The summed E-state index contributed by atoms with van der Waals surface area (Å²) in [4.78, 5) is 2.49. The van der Waals surface area contributed by atoms with Crippen molar-refractivity contribution in [1.29, 1.82) is 0 Å². The monoisotopic (exact) mass is 200 g/mol. The van der Waals surface area contributed by atoms with Gasteiger partial charge >= 0.3 is 0 Å². The zero-order valence-electron chi connectivity index (χ0n) is 9.70. The molecule has 0 amide bonds. The van der Waals surface area contributed by atoms with Gasteiger partial charge in [0.2, 0.25) is 0 Å². The molecule has 0 aromatic heterocycles. The molecule has 2 unspecified atom stereocenters. The molecular formula is C11H24N2O. The minimum Gasteiger partial charge on any atom is -0.377 e. The molecule has 1 aliphatic rings. The molecule has 3 heteroatoms. The summed E-state index contributed by atoms with van der Waals surface area (Å²) in [6, 6.07) is 0.513. The van der Waals surface area contributed by atoms with Gasteiger partial charge in [-0.2, -0.15) is 0 Å². The van der Waals surface area contributed by atoms with Crippen LogP contribution in [0, 0.1) is 5.92 Å². The third-order valence-corrected chi connectivity index (χ3v) is 2.96. The Morgan fingerprint density at radius 2 is 2.21 bits per heavy atom. The summed E-state index contributed by atoms with van der Waals surface area (Å²) in [5.74, 6) is 0.630. The first-order valence-electron chi connectivity index (χ1n) is 5.71. The van der Waals surface area contributed by atoms with Crippen LogP contribution < -0.4 is 5.73 Å². The zero-order chi connectivity index (χ0) is 10.6. The molecule has 2 atom stereocenters. The van der Waals surface area contributed by atoms with E-state index in [0.717, 1.165) is 32.7 Å². The van der Waals surface area contributed by atoms with E-state index in [2.05, 4.69) is 25.7 Å². The summed E-state index contributed by atoms with van der Waals surface area (Å²) in [5, 5.41) is 0. The second kappa shape index (κ2) is 5.69. The van der Waals surface area contributed by atoms with Crippen molar-refractivity contribution in [3.63, 3.8) is 0 Å². The second-order valence-corrected chi connectivity index (χ2v) is 4.58. The lowest BCUT2D eigenvalue weighted by Gasteiger charge is -2.33. The van der Waals surface area contributed by atoms with Crippen molar-refractivity contribution in [1.82, 2.24) is 4.90 Å². The highest BCUT2D eigenvalue weighted by molar-refractivity contribution is 4.78. The molecule has 1 fully saturated rings. The highest BCUT2D eigenvalue weighted by Crippen LogP contribution is 2.14. The Hall–Kier alpha value is -0.120. The van der Waals surface area contributed by atoms with Crippen molar-refractivity contribution in [3.8, 4) is 0 Å². The van der Waals surface area contributed by atoms with Gasteiger partial charge in [-0.05, 0) is 19.3 Å². The van der Waals surface area contributed by atoms with Gasteiger partial charge in [-0.3, -0.25) is 4.90 Å². The number of nitrogens with zero attached hydrogens (tertiary/aromatic N) is 1. The van der Waals surface area contributed by atoms with Gasteiger partial charge in [-0.25, -0.2) is 0 Å². The van der Waals surface area contributed by atoms with Crippen LogP contribution in [0.25, 0.3) is 0 Å². The Kier molecular flexibility index (Phi) is 4.85. The van der Waals surface area contributed by atoms with E-state index in [0.29, 0.717) is 18.1 Å². The highest BCUT2D eigenvalue weighted by atomic mass is 16.5. The van der Waals surface area contributed by atoms with Gasteiger partial charge < -0.3 is 10.5 Å². The maximum absolute atomic E-state index is 5.82. The normalized spacial score (nSPS) is 27.6. The summed E-state index contributed by atoms with van der Waals surface area (Å²) in [5.41, 5.74) is 5.82. The van der Waals surface area contributed by atoms with Crippen LogP contribution in [0.15, 0.2) is 0 Å². The van der Waals surface area contributed by atoms with Gasteiger partial charge in [0.15, 0.2) is 0 Å². The summed E-state index contributed by atoms with van der Waals surface area (Å²) < 4.78 is 5.62. The third kappa shape index (κ3) is 3.23. The van der Waals surface area contributed by atoms with Crippen molar-refractivity contribution < 1.29 is 4.74 Å². The predicted molar refractivity (Wildman–Crippen MR) is 59.3 cm³/mol. The summed E-state index contributed by atoms with van der Waals surface area (Å²) in [6.45, 7) is 10.4. The molecule has 14 heavy (non-hydrogen) atoms. The average molecular weight is 200 g/mol. The molecule has 0 aliphatic carbocycles. The Bertz CT molecular complexity index is 161. The Morgan fingerprint density at radius 3 is 2.79 bits per heavy atom. The number of hydrogen-bond donors (Lipinski definition) is 1. The molecule has 1 aliphatic heterocycles. The van der Waals surface area contributed by atoms with E-state index in [1.54, 1.807) is 0 Å². The summed E-state index contributed by atoms with van der Waals surface area (Å²) in [7, 11) is 0. The fourth-order valence-electron chi connectivity index (χ4n) is 2.17. The van der Waals surface area contributed by atoms with E-state index in [-0.39, 0.29) is 0 Å². The minimum absolute atomic E-state index is 0.352. The van der Waals surface area contributed by atoms with Gasteiger partial charge in [-0.15, -0.1) is 0 Å². The Balaban J connectivity index is 2.54. The first-order chi connectivity index (χ1) is 6.65. The van der Waals surface area contributed by atoms with E-state index in [9.17, 15) is 0 Å². The largest absolute Gasteiger partial charge is 0.377 e. The van der Waals surface area contributed by atoms with Gasteiger partial charge in [0.05, 0.1) is 6.10 Å². The van der Waals surface area contributed by atoms with Crippen molar-refractivity contribution in [2.24, 2.45) is 11.7 Å². The second-order valence-electron chi connectivity index (χ2n) is 4.58. The Morgan fingerprint density at radius 1 is 1.50 bits per heavy atom. The third-order valence-electron chi connectivity index (χ3n) is 2.96. The van der Waals surface area contributed by atoms with Crippen molar-refractivity contribution in [3.05, 3.63) is 0 Å². The van der Waals surface area contributed by atoms with E-state index in [4.69, 9.17) is 10.5 Å². The van der Waals surface area contributed by atoms with Crippen molar-refractivity contribution in [2.75, 3.05) is 26.2 Å². The highest BCUT2D eigenvalue weighted by Gasteiger charge is 2.23. The molecule has 1 rings (SSSR count). The number of nitrogens with two attached hydrogens (primary N) is 1. The van der Waals surface area contributed by atoms with Gasteiger partial charge in [0.25, 0.3) is 0 Å². The topological polar surface area (TPSA) is 38.5 Å². The molecule has 0 aromatic carbocycles. The van der Waals surface area contributed by atoms with E-state index >= 15 is 0 Å². The van der Waals surface area contributed by atoms with Crippen LogP contribution in [0.3, 0.4) is 0 Å². The van der Waals surface area contributed by atoms with E-state index in [1.807, 2.05) is 0 Å². The fraction of sp³-hybridized carbons (Fsp3) is 1.00. The zero-order valence-corrected chi connectivity index (χ0v) is 9.70. The maximum atomic E-state index is 5.82. The lowest BCUT2D eigenvalue weighted by molar-refractivity contribution is 0.0565. The number of rotatable bonds is 3. The quantitative estimate of drug-likeness (QED) is 0.741. The van der Waals surface area contributed by atoms with Crippen LogP contribution in [0.4, 0.5) is 0 Å². The van der Waals surface area contributed by atoms with Crippen LogP contribution in [-0.4, -0.2) is 43.3 Å². The molecule has 0 bridgehead atoms. The van der Waals surface area contributed by atoms with Crippen molar-refractivity contribution in [2.45, 2.75) is 39.3 Å². The molecule has 2 N–H and O–H groups in total. The summed E-state index contributed by atoms with van der Waals surface area (Å²) in [6.07, 6.45) is 1.48. The molecule has 3 nitrogen and oxygen atoms in total. The predicted octanol–water partition coefficient (Wildman–Crippen LogP) is 1.08. The molecule has 0 spiro atoms. The van der Waals surface area contributed by atoms with Gasteiger partial charge in [0.1, 0.15) is 0 Å². The van der Waals surface area contributed by atoms with Crippen molar-refractivity contribution >= 4 is 0 Å². The smallest absolute Gasteiger partial charge is 0.0674 e. The van der Waals surface area contributed by atoms with E-state index in [1.165, 1.54) is 0 Å². The van der Waals surface area contributed by atoms with Gasteiger partial charge in [-0.1, -0.05) is 13.8 Å². The first kappa shape index (κ1) is 12.0. The van der Waals surface area contributed by atoms with Crippen LogP contribution >= 0.6 is 0 Å². The summed E-state index contributed by atoms with van der Waals surface area (Å²) >= 11 is 0. The lowest BCUT2D eigenvalue weighted by Crippen LogP contribution is -2.46. The standard InChI is InChI=1S/C11H24N2O/c1-9(2)11(7-12)13-5-4-6-14-10(3)8-13/h9-11H,4-8,12H2,1-3H3. The SMILES string of the molecule is CC1CN(C(CN)C(C)C)CCCO1. The van der Waals surface area contributed by atoms with Crippen LogP contribution in [0.2, 0.25) is 0 Å². The Labute approximate surface area is 87.6 Å².